The number of Topliss-reactive ketones (excluding diaryl/α,β-unsaturated/α-hetero) is 1. The topological polar surface area (TPSA) is 71.0 Å². The highest BCUT2D eigenvalue weighted by Crippen LogP contribution is 2.43. The molecule has 5 rings (SSSR count). The number of fused-ring (bicyclic) bond motifs is 3. The minimum Gasteiger partial charge on any atom is -0.461 e. The molecule has 0 aromatic heterocycles. The van der Waals surface area contributed by atoms with E-state index < -0.39 is 12.0 Å². The standard InChI is InChI=1S/C30H30FN3O3/c1-18(2)16-19(3)32-29(36)22-10-8-20(9-11-22)25-17-26-24-6-4-5-7-27(24)37-30(34(26)33-25)28(35)21-12-14-23(31)15-13-21/h4-15,18-19,26,30H,16-17H2,1-3H3,(H,32,36). The molecule has 1 amide bonds. The first kappa shape index (κ1) is 24.7. The van der Waals surface area contributed by atoms with Gasteiger partial charge in [-0.3, -0.25) is 9.59 Å². The Hall–Kier alpha value is -4.00. The van der Waals surface area contributed by atoms with Crippen LogP contribution in [0.3, 0.4) is 0 Å². The number of nitrogens with one attached hydrogen (secondary N) is 1. The lowest BCUT2D eigenvalue weighted by atomic mass is 9.95. The summed E-state index contributed by atoms with van der Waals surface area (Å²) in [7, 11) is 0. The van der Waals surface area contributed by atoms with Gasteiger partial charge >= 0.3 is 0 Å². The molecule has 3 aromatic carbocycles. The van der Waals surface area contributed by atoms with Gasteiger partial charge in [0.05, 0.1) is 11.8 Å². The number of amides is 1. The Labute approximate surface area is 216 Å². The Morgan fingerprint density at radius 2 is 1.68 bits per heavy atom. The van der Waals surface area contributed by atoms with Gasteiger partial charge in [0.2, 0.25) is 5.78 Å². The van der Waals surface area contributed by atoms with Crippen LogP contribution in [-0.2, 0) is 0 Å². The first-order chi connectivity index (χ1) is 17.8. The lowest BCUT2D eigenvalue weighted by molar-refractivity contribution is -0.00456. The summed E-state index contributed by atoms with van der Waals surface area (Å²) in [5.74, 6) is 0.356. The molecular formula is C30H30FN3O3. The predicted molar refractivity (Wildman–Crippen MR) is 140 cm³/mol. The van der Waals surface area contributed by atoms with Gasteiger partial charge in [-0.15, -0.1) is 0 Å². The fourth-order valence-electron chi connectivity index (χ4n) is 5.03. The molecule has 0 saturated carbocycles. The van der Waals surface area contributed by atoms with Crippen LogP contribution in [0.1, 0.15) is 71.5 Å². The summed E-state index contributed by atoms with van der Waals surface area (Å²) in [6, 6.07) is 20.4. The number of benzene rings is 3. The molecule has 0 radical (unpaired) electrons. The number of ether oxygens (including phenoxy) is 1. The van der Waals surface area contributed by atoms with E-state index in [9.17, 15) is 14.0 Å². The quantitative estimate of drug-likeness (QED) is 0.421. The molecule has 3 aromatic rings. The largest absolute Gasteiger partial charge is 0.461 e. The predicted octanol–water partition coefficient (Wildman–Crippen LogP) is 5.74. The van der Waals surface area contributed by atoms with Gasteiger partial charge in [-0.1, -0.05) is 44.2 Å². The highest BCUT2D eigenvalue weighted by molar-refractivity contribution is 6.04. The third kappa shape index (κ3) is 5.12. The maximum atomic E-state index is 13.4. The fraction of sp³-hybridized carbons (Fsp3) is 0.300. The molecule has 2 aliphatic rings. The SMILES string of the molecule is CC(C)CC(C)NC(=O)c1ccc(C2=NN3C(C(=O)c4ccc(F)cc4)Oc4ccccc4C3C2)cc1. The summed E-state index contributed by atoms with van der Waals surface area (Å²) in [6.07, 6.45) is 0.541. The van der Waals surface area contributed by atoms with E-state index in [4.69, 9.17) is 9.84 Å². The number of halogens is 1. The van der Waals surface area contributed by atoms with Crippen molar-refractivity contribution in [1.29, 1.82) is 0 Å². The molecule has 0 bridgehead atoms. The monoisotopic (exact) mass is 499 g/mol. The van der Waals surface area contributed by atoms with Crippen molar-refractivity contribution in [2.24, 2.45) is 11.0 Å². The van der Waals surface area contributed by atoms with E-state index in [0.717, 1.165) is 23.3 Å². The Balaban J connectivity index is 1.39. The number of rotatable bonds is 7. The zero-order valence-corrected chi connectivity index (χ0v) is 21.1. The fourth-order valence-corrected chi connectivity index (χ4v) is 5.03. The smallest absolute Gasteiger partial charge is 0.251 e. The Bertz CT molecular complexity index is 1330. The number of para-hydroxylation sites is 1. The van der Waals surface area contributed by atoms with Crippen LogP contribution in [0.25, 0.3) is 0 Å². The van der Waals surface area contributed by atoms with E-state index in [1.54, 1.807) is 17.1 Å². The van der Waals surface area contributed by atoms with Crippen molar-refractivity contribution < 1.29 is 18.7 Å². The maximum Gasteiger partial charge on any atom is 0.251 e. The van der Waals surface area contributed by atoms with Gasteiger partial charge in [0.15, 0.2) is 0 Å². The molecule has 190 valence electrons. The molecule has 3 atom stereocenters. The molecular weight excluding hydrogens is 469 g/mol. The molecule has 2 aliphatic heterocycles. The van der Waals surface area contributed by atoms with E-state index in [0.29, 0.717) is 29.2 Å². The van der Waals surface area contributed by atoms with Crippen molar-refractivity contribution >= 4 is 17.4 Å². The van der Waals surface area contributed by atoms with Crippen molar-refractivity contribution in [3.63, 3.8) is 0 Å². The van der Waals surface area contributed by atoms with Crippen molar-refractivity contribution in [3.05, 3.63) is 101 Å². The third-order valence-electron chi connectivity index (χ3n) is 6.73. The van der Waals surface area contributed by atoms with Gasteiger partial charge in [-0.25, -0.2) is 9.40 Å². The summed E-state index contributed by atoms with van der Waals surface area (Å²) >= 11 is 0. The molecule has 3 unspecified atom stereocenters. The van der Waals surface area contributed by atoms with Crippen LogP contribution in [0.5, 0.6) is 5.75 Å². The molecule has 37 heavy (non-hydrogen) atoms. The van der Waals surface area contributed by atoms with Gasteiger partial charge < -0.3 is 10.1 Å². The normalized spacial score (nSPS) is 18.9. The molecule has 1 N–H and O–H groups in total. The van der Waals surface area contributed by atoms with Crippen LogP contribution in [-0.4, -0.2) is 34.7 Å². The minimum absolute atomic E-state index is 0.0953. The van der Waals surface area contributed by atoms with Crippen LogP contribution >= 0.6 is 0 Å². The molecule has 7 heteroatoms. The molecule has 0 aliphatic carbocycles. The van der Waals surface area contributed by atoms with Crippen molar-refractivity contribution in [3.8, 4) is 5.75 Å². The molecule has 0 spiro atoms. The molecule has 0 saturated heterocycles. The second-order valence-corrected chi connectivity index (χ2v) is 10.1. The van der Waals surface area contributed by atoms with E-state index >= 15 is 0 Å². The summed E-state index contributed by atoms with van der Waals surface area (Å²) in [5.41, 5.74) is 3.59. The number of nitrogens with zero attached hydrogens (tertiary/aromatic N) is 2. The maximum absolute atomic E-state index is 13.4. The van der Waals surface area contributed by atoms with Crippen LogP contribution in [0.4, 0.5) is 4.39 Å². The lowest BCUT2D eigenvalue weighted by Gasteiger charge is -2.37. The molecule has 0 fully saturated rings. The minimum atomic E-state index is -0.963. The van der Waals surface area contributed by atoms with Gasteiger partial charge in [0.25, 0.3) is 12.1 Å². The number of carbonyl (C=O) groups excluding carboxylic acids is 2. The summed E-state index contributed by atoms with van der Waals surface area (Å²) in [6.45, 7) is 6.28. The van der Waals surface area contributed by atoms with E-state index in [1.807, 2.05) is 43.3 Å². The zero-order valence-electron chi connectivity index (χ0n) is 21.1. The van der Waals surface area contributed by atoms with Crippen LogP contribution in [0.15, 0.2) is 77.9 Å². The average molecular weight is 500 g/mol. The second-order valence-electron chi connectivity index (χ2n) is 10.1. The van der Waals surface area contributed by atoms with Crippen LogP contribution in [0.2, 0.25) is 0 Å². The number of hydrogen-bond acceptors (Lipinski definition) is 5. The Kier molecular flexibility index (Phi) is 6.78. The van der Waals surface area contributed by atoms with Gasteiger partial charge in [-0.05, 0) is 67.3 Å². The van der Waals surface area contributed by atoms with Crippen molar-refractivity contribution in [2.45, 2.75) is 51.9 Å². The molecule has 6 nitrogen and oxygen atoms in total. The van der Waals surface area contributed by atoms with Crippen LogP contribution in [0, 0.1) is 11.7 Å². The summed E-state index contributed by atoms with van der Waals surface area (Å²) in [4.78, 5) is 26.0. The Morgan fingerprint density at radius 3 is 2.38 bits per heavy atom. The van der Waals surface area contributed by atoms with E-state index in [2.05, 4.69) is 19.2 Å². The highest BCUT2D eigenvalue weighted by atomic mass is 19.1. The number of ketones is 1. The highest BCUT2D eigenvalue weighted by Gasteiger charge is 2.43. The first-order valence-corrected chi connectivity index (χ1v) is 12.6. The first-order valence-electron chi connectivity index (χ1n) is 12.6. The van der Waals surface area contributed by atoms with Crippen molar-refractivity contribution in [2.75, 3.05) is 0 Å². The molecule has 2 heterocycles. The Morgan fingerprint density at radius 1 is 1.00 bits per heavy atom. The van der Waals surface area contributed by atoms with E-state index in [1.165, 1.54) is 24.3 Å². The van der Waals surface area contributed by atoms with Gasteiger partial charge in [0, 0.05) is 29.2 Å². The number of hydrazone groups is 1. The zero-order chi connectivity index (χ0) is 26.1. The summed E-state index contributed by atoms with van der Waals surface area (Å²) in [5, 5.41) is 9.57. The van der Waals surface area contributed by atoms with Gasteiger partial charge in [0.1, 0.15) is 11.6 Å². The van der Waals surface area contributed by atoms with Crippen LogP contribution < -0.4 is 10.1 Å². The summed E-state index contributed by atoms with van der Waals surface area (Å²) < 4.78 is 19.5. The third-order valence-corrected chi connectivity index (χ3v) is 6.73. The van der Waals surface area contributed by atoms with E-state index in [-0.39, 0.29) is 23.8 Å². The lowest BCUT2D eigenvalue weighted by Crippen LogP contribution is -2.45. The second kappa shape index (κ2) is 10.2. The number of carbonyl (C=O) groups is 2. The average Bonchev–Trinajstić information content (AvgIpc) is 3.34. The van der Waals surface area contributed by atoms with Crippen molar-refractivity contribution in [1.82, 2.24) is 10.3 Å². The number of hydrogen-bond donors (Lipinski definition) is 1. The van der Waals surface area contributed by atoms with Gasteiger partial charge in [-0.2, -0.15) is 5.10 Å².